The zero-order valence-corrected chi connectivity index (χ0v) is 8.92. The van der Waals surface area contributed by atoms with Crippen LogP contribution in [0.2, 0.25) is 0 Å². The van der Waals surface area contributed by atoms with Gasteiger partial charge in [0.05, 0.1) is 0 Å². The smallest absolute Gasteiger partial charge is 0.240 e. The van der Waals surface area contributed by atoms with Crippen molar-refractivity contribution >= 4 is 15.9 Å². The maximum atomic E-state index is 12.9. The predicted molar refractivity (Wildman–Crippen MR) is 52.4 cm³/mol. The van der Waals surface area contributed by atoms with Gasteiger partial charge < -0.3 is 4.74 Å². The lowest BCUT2D eigenvalue weighted by atomic mass is 10.3. The molecule has 1 heterocycles. The van der Waals surface area contributed by atoms with Crippen molar-refractivity contribution in [2.45, 2.75) is 26.1 Å². The van der Waals surface area contributed by atoms with E-state index in [1.54, 1.807) is 18.3 Å². The van der Waals surface area contributed by atoms with Crippen LogP contribution in [0.4, 0.5) is 4.39 Å². The van der Waals surface area contributed by atoms with Gasteiger partial charge in [0.1, 0.15) is 0 Å². The molecule has 0 aliphatic carbocycles. The maximum Gasteiger partial charge on any atom is 0.240 e. The summed E-state index contributed by atoms with van der Waals surface area (Å²) in [5.41, 5.74) is 0. The molecule has 0 aliphatic heterocycles. The number of hydrogen-bond acceptors (Lipinski definition) is 2. The van der Waals surface area contributed by atoms with Crippen molar-refractivity contribution in [3.63, 3.8) is 0 Å². The summed E-state index contributed by atoms with van der Waals surface area (Å²) in [6, 6.07) is 3.40. The Morgan fingerprint density at radius 3 is 3.08 bits per heavy atom. The minimum absolute atomic E-state index is 0.315. The Morgan fingerprint density at radius 1 is 1.69 bits per heavy atom. The van der Waals surface area contributed by atoms with Gasteiger partial charge in [0.25, 0.3) is 0 Å². The molecular weight excluding hydrogens is 237 g/mol. The predicted octanol–water partition coefficient (Wildman–Crippen LogP) is 3.32. The van der Waals surface area contributed by atoms with Gasteiger partial charge in [-0.2, -0.15) is 0 Å². The first-order chi connectivity index (χ1) is 6.22. The lowest BCUT2D eigenvalue weighted by molar-refractivity contribution is 0.0542. The number of rotatable bonds is 4. The van der Waals surface area contributed by atoms with Crippen molar-refractivity contribution in [1.29, 1.82) is 0 Å². The molecular formula is C9H11BrFNO. The summed E-state index contributed by atoms with van der Waals surface area (Å²) in [7, 11) is 0. The molecule has 1 rings (SSSR count). The second-order valence-electron chi connectivity index (χ2n) is 2.63. The Bertz CT molecular complexity index is 270. The van der Waals surface area contributed by atoms with Gasteiger partial charge in [-0.05, 0) is 12.5 Å². The van der Waals surface area contributed by atoms with Gasteiger partial charge in [-0.25, -0.2) is 9.37 Å². The first kappa shape index (κ1) is 10.4. The fraction of sp³-hybridized carbons (Fsp3) is 0.444. The molecule has 0 spiro atoms. The molecule has 0 aliphatic rings. The van der Waals surface area contributed by atoms with Gasteiger partial charge >= 0.3 is 0 Å². The molecule has 1 aromatic rings. The van der Waals surface area contributed by atoms with Gasteiger partial charge in [0.15, 0.2) is 0 Å². The van der Waals surface area contributed by atoms with Crippen LogP contribution in [0.5, 0.6) is 5.88 Å². The summed E-state index contributed by atoms with van der Waals surface area (Å²) in [4.78, 5) is 3.87. The Labute approximate surface area is 85.3 Å². The number of nitrogens with zero attached hydrogens (tertiary/aromatic N) is 1. The van der Waals surface area contributed by atoms with Crippen molar-refractivity contribution in [3.05, 3.63) is 22.8 Å². The molecule has 0 saturated carbocycles. The number of ether oxygens (including phenoxy) is 1. The highest BCUT2D eigenvalue weighted by molar-refractivity contribution is 9.10. The standard InChI is InChI=1S/C9H11BrFNO/c1-2-3-8(11)13-9-6-7(10)4-5-12-9/h4-6,8H,2-3H2,1H3. The van der Waals surface area contributed by atoms with Crippen LogP contribution in [0.25, 0.3) is 0 Å². The van der Waals surface area contributed by atoms with Crippen LogP contribution in [0.15, 0.2) is 22.8 Å². The molecule has 2 nitrogen and oxygen atoms in total. The van der Waals surface area contributed by atoms with Crippen molar-refractivity contribution in [1.82, 2.24) is 4.98 Å². The summed E-state index contributed by atoms with van der Waals surface area (Å²) in [6.45, 7) is 1.91. The van der Waals surface area contributed by atoms with Crippen molar-refractivity contribution in [2.24, 2.45) is 0 Å². The molecule has 4 heteroatoms. The Morgan fingerprint density at radius 2 is 2.46 bits per heavy atom. The molecule has 1 unspecified atom stereocenters. The Kier molecular flexibility index (Phi) is 4.15. The van der Waals surface area contributed by atoms with Crippen LogP contribution in [0.3, 0.4) is 0 Å². The van der Waals surface area contributed by atoms with Crippen LogP contribution in [-0.2, 0) is 0 Å². The molecule has 0 aromatic carbocycles. The molecule has 0 bridgehead atoms. The summed E-state index contributed by atoms with van der Waals surface area (Å²) in [5, 5.41) is 0. The van der Waals surface area contributed by atoms with Crippen LogP contribution in [-0.4, -0.2) is 11.3 Å². The lowest BCUT2D eigenvalue weighted by Gasteiger charge is -2.08. The first-order valence-corrected chi connectivity index (χ1v) is 4.94. The molecule has 0 fully saturated rings. The molecule has 0 saturated heterocycles. The molecule has 1 aromatic heterocycles. The topological polar surface area (TPSA) is 22.1 Å². The van der Waals surface area contributed by atoms with E-state index in [1.165, 1.54) is 0 Å². The average molecular weight is 248 g/mol. The minimum atomic E-state index is -1.26. The Balaban J connectivity index is 2.53. The zero-order chi connectivity index (χ0) is 9.68. The maximum absolute atomic E-state index is 12.9. The van der Waals surface area contributed by atoms with E-state index < -0.39 is 6.36 Å². The van der Waals surface area contributed by atoms with E-state index in [-0.39, 0.29) is 0 Å². The minimum Gasteiger partial charge on any atom is -0.443 e. The number of alkyl halides is 1. The second kappa shape index (κ2) is 5.17. The fourth-order valence-corrected chi connectivity index (χ4v) is 1.18. The molecule has 1 atom stereocenters. The van der Waals surface area contributed by atoms with Crippen LogP contribution >= 0.6 is 15.9 Å². The third-order valence-electron chi connectivity index (χ3n) is 1.46. The van der Waals surface area contributed by atoms with Gasteiger partial charge in [-0.15, -0.1) is 0 Å². The summed E-state index contributed by atoms with van der Waals surface area (Å²) >= 11 is 3.25. The molecule has 0 amide bonds. The molecule has 0 N–H and O–H groups in total. The van der Waals surface area contributed by atoms with Crippen molar-refractivity contribution in [2.75, 3.05) is 0 Å². The zero-order valence-electron chi connectivity index (χ0n) is 7.34. The monoisotopic (exact) mass is 247 g/mol. The average Bonchev–Trinajstić information content (AvgIpc) is 2.04. The molecule has 13 heavy (non-hydrogen) atoms. The van der Waals surface area contributed by atoms with Gasteiger partial charge in [0.2, 0.25) is 12.2 Å². The van der Waals surface area contributed by atoms with E-state index in [0.29, 0.717) is 12.3 Å². The van der Waals surface area contributed by atoms with Gasteiger partial charge in [-0.1, -0.05) is 22.9 Å². The fourth-order valence-electron chi connectivity index (χ4n) is 0.867. The lowest BCUT2D eigenvalue weighted by Crippen LogP contribution is -2.09. The van der Waals surface area contributed by atoms with Gasteiger partial charge in [0, 0.05) is 23.2 Å². The summed E-state index contributed by atoms with van der Waals surface area (Å²) in [5.74, 6) is 0.315. The number of pyridine rings is 1. The third kappa shape index (κ3) is 3.72. The highest BCUT2D eigenvalue weighted by atomic mass is 79.9. The van der Waals surface area contributed by atoms with Crippen LogP contribution < -0.4 is 4.74 Å². The third-order valence-corrected chi connectivity index (χ3v) is 1.95. The summed E-state index contributed by atoms with van der Waals surface area (Å²) < 4.78 is 18.7. The first-order valence-electron chi connectivity index (χ1n) is 4.14. The number of hydrogen-bond donors (Lipinski definition) is 0. The van der Waals surface area contributed by atoms with E-state index in [0.717, 1.165) is 10.9 Å². The van der Waals surface area contributed by atoms with Crippen LogP contribution in [0.1, 0.15) is 19.8 Å². The number of halogens is 2. The van der Waals surface area contributed by atoms with Crippen LogP contribution in [0, 0.1) is 0 Å². The highest BCUT2D eigenvalue weighted by Gasteiger charge is 2.06. The Hall–Kier alpha value is -0.640. The van der Waals surface area contributed by atoms with Crippen molar-refractivity contribution in [3.8, 4) is 5.88 Å². The second-order valence-corrected chi connectivity index (χ2v) is 3.54. The van der Waals surface area contributed by atoms with E-state index in [2.05, 4.69) is 20.9 Å². The van der Waals surface area contributed by atoms with Crippen molar-refractivity contribution < 1.29 is 9.13 Å². The van der Waals surface area contributed by atoms with Gasteiger partial charge in [-0.3, -0.25) is 0 Å². The summed E-state index contributed by atoms with van der Waals surface area (Å²) in [6.07, 6.45) is 1.47. The molecule has 72 valence electrons. The van der Waals surface area contributed by atoms with E-state index >= 15 is 0 Å². The van der Waals surface area contributed by atoms with E-state index in [9.17, 15) is 4.39 Å². The largest absolute Gasteiger partial charge is 0.443 e. The van der Waals surface area contributed by atoms with E-state index in [4.69, 9.17) is 4.74 Å². The number of aromatic nitrogens is 1. The van der Waals surface area contributed by atoms with E-state index in [1.807, 2.05) is 6.92 Å². The highest BCUT2D eigenvalue weighted by Crippen LogP contribution is 2.17. The quantitative estimate of drug-likeness (QED) is 0.815. The normalized spacial score (nSPS) is 12.5. The SMILES string of the molecule is CCCC(F)Oc1cc(Br)ccn1. The molecule has 0 radical (unpaired) electrons.